The minimum Gasteiger partial charge on any atom is -0.748 e. The monoisotopic (exact) mass is 328 g/mol. The van der Waals surface area contributed by atoms with Crippen LogP contribution in [-0.4, -0.2) is 55.6 Å². The standard InChI is InChI=1S/C13H17N2S.CH4O3S/c1-15(8-2-9-15)10-7-12-3-5-13(6-4-12)14-11-16;1-5(2,3)4/h3-6H,2,7-10H2,1H3;1H3,(H,2,3,4)/q+1;/p-1. The fourth-order valence-corrected chi connectivity index (χ4v) is 2.22. The van der Waals surface area contributed by atoms with E-state index in [1.807, 2.05) is 12.1 Å². The zero-order valence-electron chi connectivity index (χ0n) is 12.3. The van der Waals surface area contributed by atoms with Gasteiger partial charge in [-0.2, -0.15) is 4.99 Å². The highest BCUT2D eigenvalue weighted by atomic mass is 32.2. The minimum absolute atomic E-state index is 0.604. The van der Waals surface area contributed by atoms with Gasteiger partial charge in [-0.1, -0.05) is 12.1 Å². The molecule has 0 aromatic heterocycles. The van der Waals surface area contributed by atoms with Gasteiger partial charge in [-0.25, -0.2) is 8.42 Å². The molecule has 2 rings (SSSR count). The van der Waals surface area contributed by atoms with Crippen LogP contribution in [0, 0.1) is 0 Å². The van der Waals surface area contributed by atoms with E-state index in [2.05, 4.69) is 41.6 Å². The summed E-state index contributed by atoms with van der Waals surface area (Å²) in [4.78, 5) is 3.94. The fraction of sp³-hybridized carbons (Fsp3) is 0.500. The fourth-order valence-electron chi connectivity index (χ4n) is 2.11. The molecule has 0 amide bonds. The van der Waals surface area contributed by atoms with Gasteiger partial charge in [0.05, 0.1) is 47.6 Å². The highest BCUT2D eigenvalue weighted by Crippen LogP contribution is 2.18. The van der Waals surface area contributed by atoms with Gasteiger partial charge < -0.3 is 9.04 Å². The Hall–Kier alpha value is -1.11. The maximum absolute atomic E-state index is 9.08. The summed E-state index contributed by atoms with van der Waals surface area (Å²) >= 11 is 4.57. The number of isothiocyanates is 1. The predicted molar refractivity (Wildman–Crippen MR) is 85.9 cm³/mol. The largest absolute Gasteiger partial charge is 0.748 e. The van der Waals surface area contributed by atoms with Crippen LogP contribution in [-0.2, 0) is 16.5 Å². The van der Waals surface area contributed by atoms with Gasteiger partial charge >= 0.3 is 0 Å². The van der Waals surface area contributed by atoms with Crippen molar-refractivity contribution in [3.63, 3.8) is 0 Å². The number of benzene rings is 1. The number of quaternary nitrogens is 1. The van der Waals surface area contributed by atoms with Crippen molar-refractivity contribution in [2.75, 3.05) is 32.9 Å². The Labute approximate surface area is 131 Å². The van der Waals surface area contributed by atoms with E-state index in [1.165, 1.54) is 36.1 Å². The third-order valence-electron chi connectivity index (χ3n) is 3.45. The molecule has 1 aromatic carbocycles. The van der Waals surface area contributed by atoms with E-state index in [9.17, 15) is 0 Å². The summed E-state index contributed by atoms with van der Waals surface area (Å²) in [6.07, 6.45) is 3.14. The maximum atomic E-state index is 9.08. The van der Waals surface area contributed by atoms with Crippen LogP contribution in [0.15, 0.2) is 29.3 Å². The number of likely N-dealkylation sites (tertiary alicyclic amines) is 1. The summed E-state index contributed by atoms with van der Waals surface area (Å²) in [5.41, 5.74) is 2.28. The van der Waals surface area contributed by atoms with Gasteiger partial charge in [0.25, 0.3) is 0 Å². The van der Waals surface area contributed by atoms with Crippen molar-refractivity contribution < 1.29 is 17.5 Å². The third-order valence-corrected chi connectivity index (χ3v) is 3.54. The summed E-state index contributed by atoms with van der Waals surface area (Å²) < 4.78 is 28.5. The Balaban J connectivity index is 0.000000383. The normalized spacial score (nSPS) is 16.0. The zero-order chi connectivity index (χ0) is 15.9. The molecule has 0 atom stereocenters. The lowest BCUT2D eigenvalue weighted by atomic mass is 10.1. The highest BCUT2D eigenvalue weighted by Gasteiger charge is 2.29. The average Bonchev–Trinajstić information content (AvgIpc) is 2.34. The van der Waals surface area contributed by atoms with Gasteiger partial charge in [0, 0.05) is 19.1 Å². The van der Waals surface area contributed by atoms with Crippen molar-refractivity contribution in [3.8, 4) is 0 Å². The Kier molecular flexibility index (Phi) is 6.64. The number of hydrogen-bond donors (Lipinski definition) is 0. The molecule has 1 saturated heterocycles. The Morgan fingerprint density at radius 3 is 2.24 bits per heavy atom. The maximum Gasteiger partial charge on any atom is 0.0916 e. The van der Waals surface area contributed by atoms with Crippen LogP contribution in [0.5, 0.6) is 0 Å². The van der Waals surface area contributed by atoms with E-state index < -0.39 is 10.1 Å². The molecule has 0 bridgehead atoms. The smallest absolute Gasteiger partial charge is 0.0916 e. The van der Waals surface area contributed by atoms with Crippen molar-refractivity contribution in [2.45, 2.75) is 12.8 Å². The van der Waals surface area contributed by atoms with E-state index in [0.717, 1.165) is 12.1 Å². The van der Waals surface area contributed by atoms with Crippen molar-refractivity contribution in [3.05, 3.63) is 29.8 Å². The molecule has 1 aliphatic heterocycles. The van der Waals surface area contributed by atoms with Crippen LogP contribution in [0.2, 0.25) is 0 Å². The molecule has 116 valence electrons. The second-order valence-corrected chi connectivity index (χ2v) is 7.06. The summed E-state index contributed by atoms with van der Waals surface area (Å²) in [6, 6.07) is 8.28. The average molecular weight is 328 g/mol. The SMILES string of the molecule is CS(=O)(=O)[O-].C[N+]1(CCc2ccc(N=C=S)cc2)CCC1. The first-order chi connectivity index (χ1) is 9.72. The van der Waals surface area contributed by atoms with E-state index in [4.69, 9.17) is 13.0 Å². The lowest BCUT2D eigenvalue weighted by Gasteiger charge is -2.42. The number of likely N-dealkylation sites (N-methyl/N-ethyl adjacent to an activating group) is 1. The van der Waals surface area contributed by atoms with Gasteiger partial charge in [-0.15, -0.1) is 0 Å². The van der Waals surface area contributed by atoms with Gasteiger partial charge in [0.15, 0.2) is 0 Å². The van der Waals surface area contributed by atoms with Crippen LogP contribution in [0.4, 0.5) is 5.69 Å². The van der Waals surface area contributed by atoms with Gasteiger partial charge in [0.1, 0.15) is 0 Å². The highest BCUT2D eigenvalue weighted by molar-refractivity contribution is 7.84. The van der Waals surface area contributed by atoms with Crippen LogP contribution < -0.4 is 0 Å². The molecule has 1 aliphatic rings. The van der Waals surface area contributed by atoms with Crippen LogP contribution in [0.3, 0.4) is 0 Å². The van der Waals surface area contributed by atoms with E-state index in [-0.39, 0.29) is 0 Å². The van der Waals surface area contributed by atoms with Gasteiger partial charge in [-0.3, -0.25) is 0 Å². The molecule has 0 unspecified atom stereocenters. The first-order valence-corrected chi connectivity index (χ1v) is 8.86. The molecule has 21 heavy (non-hydrogen) atoms. The number of rotatable bonds is 4. The van der Waals surface area contributed by atoms with Crippen molar-refractivity contribution in [1.29, 1.82) is 0 Å². The zero-order valence-corrected chi connectivity index (χ0v) is 13.9. The quantitative estimate of drug-likeness (QED) is 0.367. The molecule has 1 heterocycles. The molecule has 1 fully saturated rings. The molecule has 7 heteroatoms. The van der Waals surface area contributed by atoms with Crippen molar-refractivity contribution in [2.24, 2.45) is 4.99 Å². The van der Waals surface area contributed by atoms with Crippen LogP contribution >= 0.6 is 12.2 Å². The molecular weight excluding hydrogens is 308 g/mol. The predicted octanol–water partition coefficient (Wildman–Crippen LogP) is 1.98. The summed E-state index contributed by atoms with van der Waals surface area (Å²) in [6.45, 7) is 3.93. The summed E-state index contributed by atoms with van der Waals surface area (Å²) in [7, 11) is -1.58. The topological polar surface area (TPSA) is 69.6 Å². The minimum atomic E-state index is -3.92. The van der Waals surface area contributed by atoms with E-state index in [1.54, 1.807) is 0 Å². The summed E-state index contributed by atoms with van der Waals surface area (Å²) in [5.74, 6) is 0. The Morgan fingerprint density at radius 2 is 1.86 bits per heavy atom. The van der Waals surface area contributed by atoms with E-state index >= 15 is 0 Å². The van der Waals surface area contributed by atoms with Gasteiger partial charge in [0.2, 0.25) is 0 Å². The van der Waals surface area contributed by atoms with Gasteiger partial charge in [-0.05, 0) is 29.9 Å². The molecule has 0 N–H and O–H groups in total. The molecule has 0 saturated carbocycles. The lowest BCUT2D eigenvalue weighted by Crippen LogP contribution is -2.55. The second kappa shape index (κ2) is 7.77. The number of nitrogens with zero attached hydrogens (tertiary/aromatic N) is 2. The van der Waals surface area contributed by atoms with E-state index in [0.29, 0.717) is 6.26 Å². The molecule has 5 nitrogen and oxygen atoms in total. The Morgan fingerprint density at radius 1 is 1.33 bits per heavy atom. The number of thiocarbonyl (C=S) groups is 1. The van der Waals surface area contributed by atoms with Crippen molar-refractivity contribution in [1.82, 2.24) is 0 Å². The van der Waals surface area contributed by atoms with Crippen molar-refractivity contribution >= 4 is 33.2 Å². The molecular formula is C14H20N2O3S2. The number of hydrogen-bond acceptors (Lipinski definition) is 5. The molecule has 0 radical (unpaired) electrons. The lowest BCUT2D eigenvalue weighted by molar-refractivity contribution is -0.945. The summed E-state index contributed by atoms with van der Waals surface area (Å²) in [5, 5.41) is 2.38. The molecule has 0 spiro atoms. The molecule has 1 aromatic rings. The first kappa shape index (κ1) is 17.9. The van der Waals surface area contributed by atoms with Crippen LogP contribution in [0.1, 0.15) is 12.0 Å². The second-order valence-electron chi connectivity index (χ2n) is 5.47. The Bertz CT molecular complexity index is 594. The van der Waals surface area contributed by atoms with Crippen LogP contribution in [0.25, 0.3) is 0 Å². The molecule has 0 aliphatic carbocycles. The number of aliphatic imine (C=N–C) groups is 1. The third kappa shape index (κ3) is 8.04. The first-order valence-electron chi connectivity index (χ1n) is 6.63.